The Labute approximate surface area is 226 Å². The lowest BCUT2D eigenvalue weighted by molar-refractivity contribution is -0.344. The summed E-state index contributed by atoms with van der Waals surface area (Å²) in [6.45, 7) is 5.36. The van der Waals surface area contributed by atoms with Gasteiger partial charge in [-0.2, -0.15) is 0 Å². The van der Waals surface area contributed by atoms with E-state index in [2.05, 4.69) is 0 Å². The van der Waals surface area contributed by atoms with Gasteiger partial charge >= 0.3 is 0 Å². The number of aryl methyl sites for hydroxylation is 1. The average molecular weight is 543 g/mol. The van der Waals surface area contributed by atoms with E-state index in [0.29, 0.717) is 12.0 Å². The number of ether oxygens (including phenoxy) is 2. The van der Waals surface area contributed by atoms with E-state index in [1.54, 1.807) is 18.2 Å². The van der Waals surface area contributed by atoms with Gasteiger partial charge in [0.2, 0.25) is 17.5 Å². The molecule has 3 rings (SSSR count). The lowest BCUT2D eigenvalue weighted by Gasteiger charge is -2.56. The van der Waals surface area contributed by atoms with Crippen LogP contribution in [0.3, 0.4) is 0 Å². The van der Waals surface area contributed by atoms with Crippen molar-refractivity contribution in [1.29, 1.82) is 0 Å². The second kappa shape index (κ2) is 11.1. The van der Waals surface area contributed by atoms with Crippen LogP contribution in [0.4, 0.5) is 0 Å². The molecule has 1 saturated heterocycles. The molecule has 0 bridgehead atoms. The topological polar surface area (TPSA) is 168 Å². The molecule has 1 unspecified atom stereocenters. The Morgan fingerprint density at radius 2 is 1.41 bits per heavy atom. The highest BCUT2D eigenvalue weighted by Crippen LogP contribution is 2.47. The number of rotatable bonds is 10. The molecule has 10 heteroatoms. The minimum atomic E-state index is -3.58. The van der Waals surface area contributed by atoms with E-state index in [0.717, 1.165) is 45.2 Å². The summed E-state index contributed by atoms with van der Waals surface area (Å²) in [6.07, 6.45) is -5.24. The molecule has 1 fully saturated rings. The number of carbonyl (C=O) groups is 4. The Balaban J connectivity index is 2.17. The highest BCUT2D eigenvalue weighted by atomic mass is 16.7. The second-order valence-electron chi connectivity index (χ2n) is 9.91. The van der Waals surface area contributed by atoms with Gasteiger partial charge in [0.1, 0.15) is 11.9 Å². The lowest BCUT2D eigenvalue weighted by atomic mass is 9.60. The van der Waals surface area contributed by atoms with Crippen molar-refractivity contribution in [2.24, 2.45) is 0 Å². The number of aliphatic hydroxyl groups is 4. The van der Waals surface area contributed by atoms with Crippen molar-refractivity contribution in [3.05, 3.63) is 65.2 Å². The van der Waals surface area contributed by atoms with Crippen LogP contribution in [0.2, 0.25) is 0 Å². The smallest absolute Gasteiger partial charge is 0.240 e. The maximum atomic E-state index is 12.9. The molecule has 2 aromatic carbocycles. The van der Waals surface area contributed by atoms with Crippen molar-refractivity contribution in [1.82, 2.24) is 0 Å². The first kappa shape index (κ1) is 30.3. The third-order valence-corrected chi connectivity index (χ3v) is 7.37. The summed E-state index contributed by atoms with van der Waals surface area (Å²) in [5.41, 5.74) is -7.75. The van der Waals surface area contributed by atoms with Gasteiger partial charge in [-0.25, -0.2) is 0 Å². The van der Waals surface area contributed by atoms with E-state index in [1.165, 1.54) is 6.07 Å². The first-order valence-corrected chi connectivity index (χ1v) is 12.6. The highest BCUT2D eigenvalue weighted by Gasteiger charge is 2.80. The highest BCUT2D eigenvalue weighted by molar-refractivity contribution is 6.08. The maximum absolute atomic E-state index is 12.9. The van der Waals surface area contributed by atoms with Crippen LogP contribution in [-0.2, 0) is 36.8 Å². The van der Waals surface area contributed by atoms with Crippen molar-refractivity contribution in [3.8, 4) is 5.75 Å². The van der Waals surface area contributed by atoms with Crippen LogP contribution in [0.5, 0.6) is 5.75 Å². The van der Waals surface area contributed by atoms with Gasteiger partial charge in [-0.3, -0.25) is 19.2 Å². The number of para-hydroxylation sites is 1. The molecule has 0 aromatic heterocycles. The molecule has 10 nitrogen and oxygen atoms in total. The van der Waals surface area contributed by atoms with E-state index < -0.39 is 58.4 Å². The molecular weight excluding hydrogens is 508 g/mol. The van der Waals surface area contributed by atoms with Crippen LogP contribution < -0.4 is 4.74 Å². The number of hydrogen-bond acceptors (Lipinski definition) is 10. The Morgan fingerprint density at radius 3 is 1.90 bits per heavy atom. The van der Waals surface area contributed by atoms with Crippen LogP contribution in [0.1, 0.15) is 51.3 Å². The van der Waals surface area contributed by atoms with Crippen LogP contribution in [0.25, 0.3) is 0 Å². The van der Waals surface area contributed by atoms with Crippen LogP contribution in [0.15, 0.2) is 48.5 Å². The predicted octanol–water partition coefficient (Wildman–Crippen LogP) is 0.854. The summed E-state index contributed by atoms with van der Waals surface area (Å²) in [6, 6.07) is 14.3. The molecule has 1 heterocycles. The lowest BCUT2D eigenvalue weighted by Crippen LogP contribution is -2.87. The monoisotopic (exact) mass is 542 g/mol. The molecule has 2 aromatic rings. The van der Waals surface area contributed by atoms with Gasteiger partial charge in [-0.1, -0.05) is 49.4 Å². The van der Waals surface area contributed by atoms with Gasteiger partial charge < -0.3 is 29.9 Å². The summed E-state index contributed by atoms with van der Waals surface area (Å²) in [5.74, 6) is -5.24. The Bertz CT molecular complexity index is 1270. The normalized spacial score (nSPS) is 29.4. The average Bonchev–Trinajstić information content (AvgIpc) is 2.89. The molecule has 0 spiro atoms. The fourth-order valence-electron chi connectivity index (χ4n) is 4.97. The fourth-order valence-corrected chi connectivity index (χ4v) is 4.97. The van der Waals surface area contributed by atoms with Gasteiger partial charge in [0.25, 0.3) is 0 Å². The molecule has 0 aliphatic carbocycles. The molecule has 1 aliphatic heterocycles. The largest absolute Gasteiger partial charge is 0.461 e. The van der Waals surface area contributed by atoms with E-state index in [1.807, 2.05) is 31.2 Å². The van der Waals surface area contributed by atoms with Gasteiger partial charge in [0.15, 0.2) is 34.8 Å². The molecule has 210 valence electrons. The summed E-state index contributed by atoms with van der Waals surface area (Å²) in [7, 11) is 0. The molecule has 39 heavy (non-hydrogen) atoms. The summed E-state index contributed by atoms with van der Waals surface area (Å²) < 4.78 is 11.5. The number of aliphatic hydroxyl groups excluding tert-OH is 1. The quantitative estimate of drug-likeness (QED) is 0.338. The first-order valence-electron chi connectivity index (χ1n) is 12.6. The molecular formula is C29H34O10. The Kier molecular flexibility index (Phi) is 8.59. The standard InChI is InChI=1S/C29H34O10/c1-6-20-11-13-21(14-12-20)15-22-9-7-8-10-23(22)38-26-28(36,18(4)32)29(37,19(5)33)27(35,17(3)31)25(39-26)24(34)16(2)30/h7-14,16,25-26,30,35-37H,6,15H2,1-5H3/t16?,25-,26+,27-,28+,29+/m1/s1. The van der Waals surface area contributed by atoms with Gasteiger partial charge in [0.05, 0.1) is 0 Å². The van der Waals surface area contributed by atoms with E-state index in [4.69, 9.17) is 9.47 Å². The van der Waals surface area contributed by atoms with Crippen molar-refractivity contribution in [3.63, 3.8) is 0 Å². The molecule has 1 aliphatic rings. The summed E-state index contributed by atoms with van der Waals surface area (Å²) >= 11 is 0. The first-order chi connectivity index (χ1) is 18.2. The minimum Gasteiger partial charge on any atom is -0.461 e. The van der Waals surface area contributed by atoms with Gasteiger partial charge in [0, 0.05) is 6.42 Å². The van der Waals surface area contributed by atoms with Crippen LogP contribution >= 0.6 is 0 Å². The predicted molar refractivity (Wildman–Crippen MR) is 138 cm³/mol. The number of carbonyl (C=O) groups excluding carboxylic acids is 4. The number of hydrogen-bond donors (Lipinski definition) is 4. The van der Waals surface area contributed by atoms with Crippen molar-refractivity contribution >= 4 is 23.1 Å². The fraction of sp³-hybridized carbons (Fsp3) is 0.448. The SMILES string of the molecule is CCc1ccc(Cc2ccccc2O[C@H]2O[C@H](C(=O)C(C)O)[C@](O)(C(C)=O)[C@@](O)(C(C)=O)[C@]2(O)C(C)=O)cc1. The molecule has 6 atom stereocenters. The third kappa shape index (κ3) is 4.83. The molecule has 0 amide bonds. The van der Waals surface area contributed by atoms with Gasteiger partial charge in [-0.15, -0.1) is 0 Å². The van der Waals surface area contributed by atoms with Gasteiger partial charge in [-0.05, 0) is 56.9 Å². The third-order valence-electron chi connectivity index (χ3n) is 7.37. The molecule has 0 radical (unpaired) electrons. The van der Waals surface area contributed by atoms with E-state index in [9.17, 15) is 39.6 Å². The van der Waals surface area contributed by atoms with Crippen molar-refractivity contribution in [2.45, 2.75) is 82.8 Å². The van der Waals surface area contributed by atoms with Crippen LogP contribution in [0, 0.1) is 0 Å². The van der Waals surface area contributed by atoms with E-state index >= 15 is 0 Å². The second-order valence-corrected chi connectivity index (χ2v) is 9.91. The molecule has 4 N–H and O–H groups in total. The maximum Gasteiger partial charge on any atom is 0.240 e. The zero-order valence-electron chi connectivity index (χ0n) is 22.5. The van der Waals surface area contributed by atoms with Crippen molar-refractivity contribution in [2.75, 3.05) is 0 Å². The number of benzene rings is 2. The van der Waals surface area contributed by atoms with E-state index in [-0.39, 0.29) is 5.75 Å². The summed E-state index contributed by atoms with van der Waals surface area (Å²) in [5, 5.41) is 44.7. The summed E-state index contributed by atoms with van der Waals surface area (Å²) in [4.78, 5) is 51.5. The number of ketones is 4. The zero-order valence-corrected chi connectivity index (χ0v) is 22.5. The zero-order chi connectivity index (χ0) is 29.3. The van der Waals surface area contributed by atoms with Crippen LogP contribution in [-0.4, -0.2) is 78.9 Å². The minimum absolute atomic E-state index is 0.0733. The Morgan fingerprint density at radius 1 is 0.872 bits per heavy atom. The number of Topliss-reactive ketones (excluding diaryl/α,β-unsaturated/α-hetero) is 4. The Hall–Kier alpha value is -3.28. The molecule has 0 saturated carbocycles. The van der Waals surface area contributed by atoms with Crippen molar-refractivity contribution < 1.29 is 49.1 Å².